The van der Waals surface area contributed by atoms with Gasteiger partial charge in [0.15, 0.2) is 0 Å². The van der Waals surface area contributed by atoms with Crippen molar-refractivity contribution in [1.82, 2.24) is 20.2 Å². The molecule has 1 aromatic carbocycles. The third-order valence-electron chi connectivity index (χ3n) is 3.49. The number of benzene rings is 1. The normalized spacial score (nSPS) is 20.7. The minimum Gasteiger partial charge on any atom is -0.452 e. The molecule has 0 amide bonds. The first-order valence-electron chi connectivity index (χ1n) is 6.88. The Morgan fingerprint density at radius 3 is 2.65 bits per heavy atom. The molecular weight excluding hydrogens is 320 g/mol. The summed E-state index contributed by atoms with van der Waals surface area (Å²) in [6.07, 6.45) is 2.98. The minimum atomic E-state index is -3.74. The van der Waals surface area contributed by atoms with Gasteiger partial charge in [0.05, 0.1) is 11.4 Å². The Hall–Kier alpha value is -2.55. The predicted molar refractivity (Wildman–Crippen MR) is 79.5 cm³/mol. The molecule has 0 radical (unpaired) electrons. The highest BCUT2D eigenvalue weighted by Crippen LogP contribution is 2.25. The fourth-order valence-corrected chi connectivity index (χ4v) is 3.63. The van der Waals surface area contributed by atoms with Crippen molar-refractivity contribution in [3.8, 4) is 5.69 Å². The standard InChI is InChI=1S/C14H14N4O4S/c1-14(8-7-12(19)22-14)9-10-23(20,21)13-15-16-17-18(13)11-5-3-2-4-6-11/h2-8H,9-10H2,1H3/t14-/m0/s1. The molecule has 0 N–H and O–H groups in total. The van der Waals surface area contributed by atoms with Gasteiger partial charge in [0.25, 0.3) is 5.16 Å². The third kappa shape index (κ3) is 3.14. The SMILES string of the molecule is C[C@@]1(CCS(=O)(=O)c2nnnn2-c2ccccc2)C=CC(=O)O1. The highest BCUT2D eigenvalue weighted by atomic mass is 32.2. The number of carbonyl (C=O) groups is 1. The minimum absolute atomic E-state index is 0.124. The van der Waals surface area contributed by atoms with E-state index in [1.807, 2.05) is 6.07 Å². The predicted octanol–water partition coefficient (Wildman–Crippen LogP) is 0.698. The number of nitrogens with zero attached hydrogens (tertiary/aromatic N) is 4. The zero-order chi connectivity index (χ0) is 16.5. The van der Waals surface area contributed by atoms with Crippen LogP contribution in [0.4, 0.5) is 0 Å². The van der Waals surface area contributed by atoms with Crippen molar-refractivity contribution in [1.29, 1.82) is 0 Å². The number of ether oxygens (including phenoxy) is 1. The number of para-hydroxylation sites is 1. The van der Waals surface area contributed by atoms with Gasteiger partial charge >= 0.3 is 5.97 Å². The highest BCUT2D eigenvalue weighted by molar-refractivity contribution is 7.91. The Labute approximate surface area is 132 Å². The number of cyclic esters (lactones) is 1. The van der Waals surface area contributed by atoms with E-state index >= 15 is 0 Å². The summed E-state index contributed by atoms with van der Waals surface area (Å²) >= 11 is 0. The highest BCUT2D eigenvalue weighted by Gasteiger charge is 2.34. The molecule has 0 spiro atoms. The van der Waals surface area contributed by atoms with Crippen molar-refractivity contribution in [2.75, 3.05) is 5.75 Å². The van der Waals surface area contributed by atoms with Crippen LogP contribution in [0.3, 0.4) is 0 Å². The molecule has 1 aliphatic rings. The number of rotatable bonds is 5. The van der Waals surface area contributed by atoms with Crippen LogP contribution in [0.25, 0.3) is 5.69 Å². The van der Waals surface area contributed by atoms with Gasteiger partial charge in [0.2, 0.25) is 9.84 Å². The number of tetrazole rings is 1. The Balaban J connectivity index is 1.83. The number of sulfone groups is 1. The lowest BCUT2D eigenvalue weighted by atomic mass is 10.1. The van der Waals surface area contributed by atoms with Crippen molar-refractivity contribution in [3.63, 3.8) is 0 Å². The summed E-state index contributed by atoms with van der Waals surface area (Å²) < 4.78 is 31.4. The summed E-state index contributed by atoms with van der Waals surface area (Å²) in [5, 5.41) is 10.6. The van der Waals surface area contributed by atoms with E-state index in [1.54, 1.807) is 37.3 Å². The Kier molecular flexibility index (Phi) is 3.72. The number of aromatic nitrogens is 4. The maximum Gasteiger partial charge on any atom is 0.331 e. The maximum absolute atomic E-state index is 12.5. The van der Waals surface area contributed by atoms with E-state index in [-0.39, 0.29) is 17.3 Å². The smallest absolute Gasteiger partial charge is 0.331 e. The molecule has 0 bridgehead atoms. The molecule has 2 heterocycles. The molecule has 0 saturated carbocycles. The Morgan fingerprint density at radius 1 is 1.26 bits per heavy atom. The molecule has 0 saturated heterocycles. The van der Waals surface area contributed by atoms with Crippen molar-refractivity contribution in [2.45, 2.75) is 24.1 Å². The molecular formula is C14H14N4O4S. The summed E-state index contributed by atoms with van der Waals surface area (Å²) in [6, 6.07) is 8.74. The van der Waals surface area contributed by atoms with Crippen LogP contribution in [-0.4, -0.2) is 45.9 Å². The maximum atomic E-state index is 12.5. The van der Waals surface area contributed by atoms with Crippen molar-refractivity contribution >= 4 is 15.8 Å². The fourth-order valence-electron chi connectivity index (χ4n) is 2.21. The number of esters is 1. The largest absolute Gasteiger partial charge is 0.452 e. The van der Waals surface area contributed by atoms with Crippen LogP contribution in [0, 0.1) is 0 Å². The zero-order valence-electron chi connectivity index (χ0n) is 12.3. The molecule has 120 valence electrons. The molecule has 8 nitrogen and oxygen atoms in total. The first-order chi connectivity index (χ1) is 10.9. The third-order valence-corrected chi connectivity index (χ3v) is 5.05. The van der Waals surface area contributed by atoms with E-state index in [2.05, 4.69) is 15.5 Å². The summed E-state index contributed by atoms with van der Waals surface area (Å²) in [4.78, 5) is 11.2. The first-order valence-corrected chi connectivity index (χ1v) is 8.54. The molecule has 2 aromatic rings. The average Bonchev–Trinajstić information content (AvgIpc) is 3.14. The summed E-state index contributed by atoms with van der Waals surface area (Å²) in [7, 11) is -3.74. The van der Waals surface area contributed by atoms with Gasteiger partial charge in [-0.2, -0.15) is 4.68 Å². The molecule has 0 unspecified atom stereocenters. The summed E-state index contributed by atoms with van der Waals surface area (Å²) in [6.45, 7) is 1.66. The van der Waals surface area contributed by atoms with Crippen LogP contribution >= 0.6 is 0 Å². The molecule has 0 fully saturated rings. The second-order valence-corrected chi connectivity index (χ2v) is 7.35. The van der Waals surface area contributed by atoms with Gasteiger partial charge < -0.3 is 4.74 Å². The van der Waals surface area contributed by atoms with Gasteiger partial charge in [-0.1, -0.05) is 23.3 Å². The fraction of sp³-hybridized carbons (Fsp3) is 0.286. The molecule has 3 rings (SSSR count). The van der Waals surface area contributed by atoms with E-state index in [0.717, 1.165) is 0 Å². The quantitative estimate of drug-likeness (QED) is 0.741. The topological polar surface area (TPSA) is 104 Å². The molecule has 0 aliphatic carbocycles. The van der Waals surface area contributed by atoms with Gasteiger partial charge in [-0.15, -0.1) is 0 Å². The Morgan fingerprint density at radius 2 is 2.00 bits per heavy atom. The van der Waals surface area contributed by atoms with E-state index < -0.39 is 21.4 Å². The van der Waals surface area contributed by atoms with Gasteiger partial charge in [0, 0.05) is 12.5 Å². The van der Waals surface area contributed by atoms with E-state index in [4.69, 9.17) is 4.74 Å². The zero-order valence-corrected chi connectivity index (χ0v) is 13.1. The Bertz CT molecular complexity index is 860. The summed E-state index contributed by atoms with van der Waals surface area (Å²) in [5.41, 5.74) is -0.371. The monoisotopic (exact) mass is 334 g/mol. The first kappa shape index (κ1) is 15.3. The van der Waals surface area contributed by atoms with E-state index in [9.17, 15) is 13.2 Å². The second kappa shape index (κ2) is 5.58. The van der Waals surface area contributed by atoms with E-state index in [1.165, 1.54) is 10.8 Å². The van der Waals surface area contributed by atoms with Crippen LogP contribution in [0.15, 0.2) is 47.6 Å². The van der Waals surface area contributed by atoms with E-state index in [0.29, 0.717) is 5.69 Å². The van der Waals surface area contributed by atoms with Crippen LogP contribution in [0.1, 0.15) is 13.3 Å². The number of hydrogen-bond acceptors (Lipinski definition) is 7. The lowest BCUT2D eigenvalue weighted by Crippen LogP contribution is -2.28. The van der Waals surface area contributed by atoms with Gasteiger partial charge in [-0.3, -0.25) is 0 Å². The lowest BCUT2D eigenvalue weighted by Gasteiger charge is -2.20. The number of carbonyl (C=O) groups excluding carboxylic acids is 1. The molecule has 9 heteroatoms. The van der Waals surface area contributed by atoms with Crippen molar-refractivity contribution in [3.05, 3.63) is 42.5 Å². The van der Waals surface area contributed by atoms with Crippen LogP contribution in [0.5, 0.6) is 0 Å². The average molecular weight is 334 g/mol. The molecule has 1 aromatic heterocycles. The summed E-state index contributed by atoms with van der Waals surface area (Å²) in [5.74, 6) is -0.715. The van der Waals surface area contributed by atoms with Crippen molar-refractivity contribution in [2.24, 2.45) is 0 Å². The van der Waals surface area contributed by atoms with Crippen LogP contribution in [-0.2, 0) is 19.4 Å². The van der Waals surface area contributed by atoms with Gasteiger partial charge in [-0.25, -0.2) is 13.2 Å². The van der Waals surface area contributed by atoms with Crippen LogP contribution < -0.4 is 0 Å². The van der Waals surface area contributed by atoms with Crippen molar-refractivity contribution < 1.29 is 17.9 Å². The van der Waals surface area contributed by atoms with Crippen LogP contribution in [0.2, 0.25) is 0 Å². The lowest BCUT2D eigenvalue weighted by molar-refractivity contribution is -0.144. The number of hydrogen-bond donors (Lipinski definition) is 0. The molecule has 23 heavy (non-hydrogen) atoms. The molecule has 1 atom stereocenters. The molecule has 1 aliphatic heterocycles. The second-order valence-electron chi connectivity index (χ2n) is 5.34. The van der Waals surface area contributed by atoms with Gasteiger partial charge in [0.1, 0.15) is 5.60 Å². The van der Waals surface area contributed by atoms with Gasteiger partial charge in [-0.05, 0) is 35.6 Å².